The van der Waals surface area contributed by atoms with E-state index >= 15 is 0 Å². The van der Waals surface area contributed by atoms with Crippen molar-refractivity contribution in [1.82, 2.24) is 10.6 Å². The third kappa shape index (κ3) is 4.33. The molecule has 0 spiro atoms. The largest absolute Gasteiger partial charge is 0.508 e. The summed E-state index contributed by atoms with van der Waals surface area (Å²) in [5.74, 6) is -1.65. The molecule has 0 saturated heterocycles. The molecule has 8 nitrogen and oxygen atoms in total. The van der Waals surface area contributed by atoms with Gasteiger partial charge in [0.1, 0.15) is 18.5 Å². The van der Waals surface area contributed by atoms with Crippen molar-refractivity contribution in [1.29, 1.82) is 0 Å². The quantitative estimate of drug-likeness (QED) is 0.530. The lowest BCUT2D eigenvalue weighted by Crippen LogP contribution is -2.40. The van der Waals surface area contributed by atoms with Gasteiger partial charge in [0.05, 0.1) is 13.1 Å². The lowest BCUT2D eigenvalue weighted by molar-refractivity contribution is -0.135. The number of rotatable bonds is 4. The summed E-state index contributed by atoms with van der Waals surface area (Å²) in [7, 11) is 0. The van der Waals surface area contributed by atoms with Crippen LogP contribution in [0.25, 0.3) is 0 Å². The number of hydrogen-bond donors (Lipinski definition) is 5. The van der Waals surface area contributed by atoms with Gasteiger partial charge in [-0.2, -0.15) is 0 Å². The number of hydrogen-bond acceptors (Lipinski definition) is 6. The van der Waals surface area contributed by atoms with Crippen molar-refractivity contribution < 1.29 is 24.2 Å². The third-order valence-corrected chi connectivity index (χ3v) is 2.78. The lowest BCUT2D eigenvalue weighted by Gasteiger charge is -2.19. The molecule has 1 aromatic carbocycles. The zero-order valence-corrected chi connectivity index (χ0v) is 11.5. The van der Waals surface area contributed by atoms with Crippen LogP contribution in [0.5, 0.6) is 5.75 Å². The Balaban J connectivity index is 2.09. The standard InChI is InChI=1S/C13H15FN4O4/c14-8-4-16-13(17-5-8)18-9-1-7(2-10(19)3-9)12(22)15-6-11(20)21/h1-3,8,19H,4-6H2,(H,15,22)(H,20,21)(H2,16,17,18). The number of amides is 1. The van der Waals surface area contributed by atoms with E-state index in [0.717, 1.165) is 0 Å². The fourth-order valence-electron chi connectivity index (χ4n) is 1.81. The first-order valence-electron chi connectivity index (χ1n) is 6.47. The van der Waals surface area contributed by atoms with Crippen LogP contribution in [0, 0.1) is 0 Å². The van der Waals surface area contributed by atoms with E-state index in [1.165, 1.54) is 18.2 Å². The van der Waals surface area contributed by atoms with Gasteiger partial charge in [-0.1, -0.05) is 0 Å². The normalized spacial score (nSPS) is 17.1. The highest BCUT2D eigenvalue weighted by molar-refractivity contribution is 5.99. The van der Waals surface area contributed by atoms with E-state index < -0.39 is 24.6 Å². The predicted molar refractivity (Wildman–Crippen MR) is 76.9 cm³/mol. The highest BCUT2D eigenvalue weighted by Crippen LogP contribution is 2.20. The van der Waals surface area contributed by atoms with Gasteiger partial charge in [-0.25, -0.2) is 9.38 Å². The van der Waals surface area contributed by atoms with E-state index in [1.807, 2.05) is 0 Å². The molecule has 1 aromatic rings. The summed E-state index contributed by atoms with van der Waals surface area (Å²) >= 11 is 0. The monoisotopic (exact) mass is 310 g/mol. The Morgan fingerprint density at radius 3 is 2.82 bits per heavy atom. The van der Waals surface area contributed by atoms with Crippen molar-refractivity contribution in [3.05, 3.63) is 23.8 Å². The van der Waals surface area contributed by atoms with Gasteiger partial charge in [-0.3, -0.25) is 9.59 Å². The van der Waals surface area contributed by atoms with E-state index in [0.29, 0.717) is 11.6 Å². The van der Waals surface area contributed by atoms with Crippen LogP contribution in [0.4, 0.5) is 10.1 Å². The minimum absolute atomic E-state index is 0.0279. The summed E-state index contributed by atoms with van der Waals surface area (Å²) in [5.41, 5.74) is 0.451. The van der Waals surface area contributed by atoms with Crippen molar-refractivity contribution >= 4 is 23.5 Å². The number of guanidine groups is 1. The fourth-order valence-corrected chi connectivity index (χ4v) is 1.81. The lowest BCUT2D eigenvalue weighted by atomic mass is 10.1. The molecule has 22 heavy (non-hydrogen) atoms. The molecule has 0 aromatic heterocycles. The number of anilines is 1. The summed E-state index contributed by atoms with van der Waals surface area (Å²) < 4.78 is 12.9. The van der Waals surface area contributed by atoms with Gasteiger partial charge in [0.2, 0.25) is 0 Å². The molecule has 1 heterocycles. The zero-order chi connectivity index (χ0) is 16.1. The molecule has 2 rings (SSSR count). The number of carboxylic acid groups (broad SMARTS) is 1. The molecule has 0 aliphatic carbocycles. The van der Waals surface area contributed by atoms with Gasteiger partial charge >= 0.3 is 5.97 Å². The molecule has 0 fully saturated rings. The Morgan fingerprint density at radius 1 is 1.41 bits per heavy atom. The number of nitrogens with one attached hydrogen (secondary N) is 3. The maximum Gasteiger partial charge on any atom is 0.322 e. The highest BCUT2D eigenvalue weighted by atomic mass is 19.1. The number of phenolic OH excluding ortho intramolecular Hbond substituents is 1. The molecule has 1 aliphatic rings. The first-order chi connectivity index (χ1) is 10.4. The second-order valence-electron chi connectivity index (χ2n) is 4.64. The maximum absolute atomic E-state index is 12.9. The summed E-state index contributed by atoms with van der Waals surface area (Å²) in [5, 5.41) is 25.9. The topological polar surface area (TPSA) is 123 Å². The summed E-state index contributed by atoms with van der Waals surface area (Å²) in [6.07, 6.45) is -1.05. The number of carboxylic acids is 1. The second kappa shape index (κ2) is 6.74. The van der Waals surface area contributed by atoms with Crippen molar-refractivity contribution in [2.24, 2.45) is 4.99 Å². The van der Waals surface area contributed by atoms with Gasteiger partial charge in [-0.05, 0) is 12.1 Å². The van der Waals surface area contributed by atoms with Crippen LogP contribution in [0.2, 0.25) is 0 Å². The smallest absolute Gasteiger partial charge is 0.322 e. The van der Waals surface area contributed by atoms with E-state index in [2.05, 4.69) is 20.9 Å². The summed E-state index contributed by atoms with van der Waals surface area (Å²) in [6.45, 7) is -0.375. The number of aromatic hydroxyl groups is 1. The number of aliphatic carboxylic acids is 1. The number of carbonyl (C=O) groups is 2. The Bertz CT molecular complexity index is 620. The highest BCUT2D eigenvalue weighted by Gasteiger charge is 2.15. The van der Waals surface area contributed by atoms with E-state index in [1.54, 1.807) is 0 Å². The predicted octanol–water partition coefficient (Wildman–Crippen LogP) is -0.0842. The first-order valence-corrected chi connectivity index (χ1v) is 6.47. The zero-order valence-electron chi connectivity index (χ0n) is 11.5. The Labute approximate surface area is 125 Å². The Hall–Kier alpha value is -2.84. The SMILES string of the molecule is O=C(O)CNC(=O)c1cc(O)cc(NC2=NCC(F)CN2)c1. The average Bonchev–Trinajstić information content (AvgIpc) is 2.46. The Morgan fingerprint density at radius 2 is 2.18 bits per heavy atom. The number of benzene rings is 1. The van der Waals surface area contributed by atoms with Crippen molar-refractivity contribution in [3.8, 4) is 5.75 Å². The van der Waals surface area contributed by atoms with Crippen LogP contribution < -0.4 is 16.0 Å². The summed E-state index contributed by atoms with van der Waals surface area (Å²) in [6, 6.07) is 3.98. The molecule has 1 amide bonds. The minimum atomic E-state index is -1.17. The minimum Gasteiger partial charge on any atom is -0.508 e. The molecular weight excluding hydrogens is 295 g/mol. The van der Waals surface area contributed by atoms with Crippen molar-refractivity contribution in [3.63, 3.8) is 0 Å². The van der Waals surface area contributed by atoms with Crippen LogP contribution in [0.15, 0.2) is 23.2 Å². The van der Waals surface area contributed by atoms with Gasteiger partial charge in [0.15, 0.2) is 5.96 Å². The molecule has 0 saturated carbocycles. The number of alkyl halides is 1. The second-order valence-corrected chi connectivity index (χ2v) is 4.64. The van der Waals surface area contributed by atoms with Crippen LogP contribution in [-0.4, -0.2) is 53.9 Å². The summed E-state index contributed by atoms with van der Waals surface area (Å²) in [4.78, 5) is 26.1. The molecule has 5 N–H and O–H groups in total. The molecule has 9 heteroatoms. The fraction of sp³-hybridized carbons (Fsp3) is 0.308. The Kier molecular flexibility index (Phi) is 4.77. The van der Waals surface area contributed by atoms with Crippen molar-refractivity contribution in [2.75, 3.05) is 25.0 Å². The number of halogens is 1. The average molecular weight is 310 g/mol. The molecule has 1 unspecified atom stereocenters. The third-order valence-electron chi connectivity index (χ3n) is 2.78. The molecule has 0 radical (unpaired) electrons. The molecule has 1 aliphatic heterocycles. The van der Waals surface area contributed by atoms with Crippen LogP contribution in [0.1, 0.15) is 10.4 Å². The first kappa shape index (κ1) is 15.5. The molecular formula is C13H15FN4O4. The molecule has 1 atom stereocenters. The van der Waals surface area contributed by atoms with Gasteiger partial charge in [0.25, 0.3) is 5.91 Å². The number of nitrogens with zero attached hydrogens (tertiary/aromatic N) is 1. The number of phenols is 1. The van der Waals surface area contributed by atoms with Crippen LogP contribution in [-0.2, 0) is 4.79 Å². The number of aliphatic imine (C=N–C) groups is 1. The maximum atomic E-state index is 12.9. The van der Waals surface area contributed by atoms with Crippen LogP contribution >= 0.6 is 0 Å². The number of carbonyl (C=O) groups excluding carboxylic acids is 1. The van der Waals surface area contributed by atoms with Gasteiger partial charge < -0.3 is 26.2 Å². The van der Waals surface area contributed by atoms with E-state index in [9.17, 15) is 19.1 Å². The van der Waals surface area contributed by atoms with Gasteiger partial charge in [0, 0.05) is 17.3 Å². The molecule has 0 bridgehead atoms. The van der Waals surface area contributed by atoms with Crippen LogP contribution in [0.3, 0.4) is 0 Å². The van der Waals surface area contributed by atoms with E-state index in [-0.39, 0.29) is 24.4 Å². The van der Waals surface area contributed by atoms with Gasteiger partial charge in [-0.15, -0.1) is 0 Å². The van der Waals surface area contributed by atoms with Crippen molar-refractivity contribution in [2.45, 2.75) is 6.17 Å². The molecule has 118 valence electrons. The van der Waals surface area contributed by atoms with E-state index in [4.69, 9.17) is 5.11 Å².